The number of carbonyl (C=O) groups is 1. The van der Waals surface area contributed by atoms with Gasteiger partial charge in [0, 0.05) is 18.8 Å². The Balaban J connectivity index is 2.20. The van der Waals surface area contributed by atoms with Gasteiger partial charge in [0.15, 0.2) is 0 Å². The Morgan fingerprint density at radius 2 is 2.29 bits per heavy atom. The summed E-state index contributed by atoms with van der Waals surface area (Å²) in [6.45, 7) is 7.82. The van der Waals surface area contributed by atoms with Crippen LogP contribution < -0.4 is 4.90 Å². The molecule has 0 fully saturated rings. The summed E-state index contributed by atoms with van der Waals surface area (Å²) in [7, 11) is 0. The van der Waals surface area contributed by atoms with Gasteiger partial charge in [0.25, 0.3) is 0 Å². The van der Waals surface area contributed by atoms with E-state index in [0.717, 1.165) is 37.2 Å². The van der Waals surface area contributed by atoms with Gasteiger partial charge < -0.3 is 10.0 Å². The zero-order chi connectivity index (χ0) is 12.4. The lowest BCUT2D eigenvalue weighted by Gasteiger charge is -2.19. The average molecular weight is 231 g/mol. The van der Waals surface area contributed by atoms with Crippen LogP contribution in [0.15, 0.2) is 30.4 Å². The quantitative estimate of drug-likeness (QED) is 0.810. The molecule has 3 nitrogen and oxygen atoms in total. The molecule has 1 aliphatic heterocycles. The first-order valence-electron chi connectivity index (χ1n) is 5.83. The summed E-state index contributed by atoms with van der Waals surface area (Å²) in [6, 6.07) is 5.39. The van der Waals surface area contributed by atoms with E-state index in [-0.39, 0.29) is 0 Å². The van der Waals surface area contributed by atoms with Crippen molar-refractivity contribution in [2.45, 2.75) is 19.8 Å². The van der Waals surface area contributed by atoms with E-state index in [1.54, 1.807) is 12.1 Å². The number of anilines is 1. The van der Waals surface area contributed by atoms with Crippen LogP contribution in [0.25, 0.3) is 0 Å². The summed E-state index contributed by atoms with van der Waals surface area (Å²) in [5, 5.41) is 8.99. The SMILES string of the molecule is C=C(C)CCN1CCc2ccc(C(=O)O)cc21. The summed E-state index contributed by atoms with van der Waals surface area (Å²) >= 11 is 0. The third-order valence-electron chi connectivity index (χ3n) is 3.13. The fourth-order valence-electron chi connectivity index (χ4n) is 2.14. The van der Waals surface area contributed by atoms with Crippen molar-refractivity contribution in [2.24, 2.45) is 0 Å². The number of hydrogen-bond acceptors (Lipinski definition) is 2. The maximum Gasteiger partial charge on any atom is 0.335 e. The van der Waals surface area contributed by atoms with E-state index in [1.807, 2.05) is 13.0 Å². The smallest absolute Gasteiger partial charge is 0.335 e. The van der Waals surface area contributed by atoms with Gasteiger partial charge in [-0.05, 0) is 37.5 Å². The summed E-state index contributed by atoms with van der Waals surface area (Å²) in [4.78, 5) is 13.2. The first-order valence-corrected chi connectivity index (χ1v) is 5.83. The Kier molecular flexibility index (Phi) is 3.18. The number of rotatable bonds is 4. The Labute approximate surface area is 101 Å². The highest BCUT2D eigenvalue weighted by Gasteiger charge is 2.20. The number of aromatic carboxylic acids is 1. The van der Waals surface area contributed by atoms with Crippen LogP contribution >= 0.6 is 0 Å². The van der Waals surface area contributed by atoms with Gasteiger partial charge in [-0.2, -0.15) is 0 Å². The topological polar surface area (TPSA) is 40.5 Å². The zero-order valence-corrected chi connectivity index (χ0v) is 10.1. The van der Waals surface area contributed by atoms with Gasteiger partial charge in [0.2, 0.25) is 0 Å². The van der Waals surface area contributed by atoms with Crippen molar-refractivity contribution in [2.75, 3.05) is 18.0 Å². The second-order valence-corrected chi connectivity index (χ2v) is 4.59. The number of hydrogen-bond donors (Lipinski definition) is 1. The molecule has 3 heteroatoms. The highest BCUT2D eigenvalue weighted by molar-refractivity contribution is 5.89. The van der Waals surface area contributed by atoms with Crippen molar-refractivity contribution in [3.05, 3.63) is 41.5 Å². The second kappa shape index (κ2) is 4.62. The number of carboxylic acid groups (broad SMARTS) is 1. The van der Waals surface area contributed by atoms with Crippen molar-refractivity contribution in [3.8, 4) is 0 Å². The van der Waals surface area contributed by atoms with Crippen molar-refractivity contribution in [1.29, 1.82) is 0 Å². The van der Waals surface area contributed by atoms with E-state index in [2.05, 4.69) is 11.5 Å². The van der Waals surface area contributed by atoms with Crippen LogP contribution in [0.1, 0.15) is 29.3 Å². The van der Waals surface area contributed by atoms with Gasteiger partial charge in [-0.3, -0.25) is 0 Å². The van der Waals surface area contributed by atoms with Gasteiger partial charge in [-0.15, -0.1) is 6.58 Å². The molecule has 0 amide bonds. The highest BCUT2D eigenvalue weighted by Crippen LogP contribution is 2.29. The van der Waals surface area contributed by atoms with Crippen LogP contribution in [-0.2, 0) is 6.42 Å². The van der Waals surface area contributed by atoms with Crippen LogP contribution in [0, 0.1) is 0 Å². The van der Waals surface area contributed by atoms with Gasteiger partial charge in [-0.25, -0.2) is 4.79 Å². The minimum absolute atomic E-state index is 0.367. The molecule has 0 saturated carbocycles. The first kappa shape index (κ1) is 11.7. The van der Waals surface area contributed by atoms with Crippen molar-refractivity contribution in [3.63, 3.8) is 0 Å². The van der Waals surface area contributed by atoms with Crippen molar-refractivity contribution < 1.29 is 9.90 Å². The molecule has 0 aromatic heterocycles. The van der Waals surface area contributed by atoms with E-state index in [1.165, 1.54) is 5.56 Å². The van der Waals surface area contributed by atoms with Crippen LogP contribution in [0.3, 0.4) is 0 Å². The fourth-order valence-corrected chi connectivity index (χ4v) is 2.14. The number of nitrogens with zero attached hydrogens (tertiary/aromatic N) is 1. The number of carboxylic acids is 1. The third kappa shape index (κ3) is 2.49. The number of benzene rings is 1. The van der Waals surface area contributed by atoms with E-state index < -0.39 is 5.97 Å². The summed E-state index contributed by atoms with van der Waals surface area (Å²) in [6.07, 6.45) is 1.96. The van der Waals surface area contributed by atoms with Gasteiger partial charge in [0.05, 0.1) is 5.56 Å². The second-order valence-electron chi connectivity index (χ2n) is 4.59. The van der Waals surface area contributed by atoms with Crippen molar-refractivity contribution in [1.82, 2.24) is 0 Å². The molecular weight excluding hydrogens is 214 g/mol. The molecule has 2 rings (SSSR count). The Morgan fingerprint density at radius 1 is 1.53 bits per heavy atom. The predicted molar refractivity (Wildman–Crippen MR) is 68.7 cm³/mol. The maximum absolute atomic E-state index is 10.9. The third-order valence-corrected chi connectivity index (χ3v) is 3.13. The molecule has 0 spiro atoms. The molecule has 1 aromatic rings. The standard InChI is InChI=1S/C14H17NO2/c1-10(2)5-7-15-8-6-11-3-4-12(14(16)17)9-13(11)15/h3-4,9H,1,5-8H2,2H3,(H,16,17). The fraction of sp³-hybridized carbons (Fsp3) is 0.357. The summed E-state index contributed by atoms with van der Waals surface area (Å²) in [5.74, 6) is -0.862. The van der Waals surface area contributed by atoms with E-state index in [0.29, 0.717) is 5.56 Å². The molecule has 17 heavy (non-hydrogen) atoms. The molecule has 1 N–H and O–H groups in total. The van der Waals surface area contributed by atoms with E-state index in [9.17, 15) is 4.79 Å². The molecule has 0 atom stereocenters. The first-order chi connectivity index (χ1) is 8.08. The molecule has 0 aliphatic carbocycles. The number of fused-ring (bicyclic) bond motifs is 1. The molecule has 0 bridgehead atoms. The maximum atomic E-state index is 10.9. The summed E-state index contributed by atoms with van der Waals surface area (Å²) in [5.41, 5.74) is 3.85. The molecule has 1 aromatic carbocycles. The lowest BCUT2D eigenvalue weighted by Crippen LogP contribution is -2.22. The zero-order valence-electron chi connectivity index (χ0n) is 10.1. The van der Waals surface area contributed by atoms with Crippen molar-refractivity contribution >= 4 is 11.7 Å². The molecular formula is C14H17NO2. The van der Waals surface area contributed by atoms with E-state index >= 15 is 0 Å². The van der Waals surface area contributed by atoms with Gasteiger partial charge >= 0.3 is 5.97 Å². The van der Waals surface area contributed by atoms with Gasteiger partial charge in [0.1, 0.15) is 0 Å². The molecule has 1 aliphatic rings. The minimum atomic E-state index is -0.862. The van der Waals surface area contributed by atoms with Crippen LogP contribution in [-0.4, -0.2) is 24.2 Å². The normalized spacial score (nSPS) is 13.6. The Hall–Kier alpha value is -1.77. The van der Waals surface area contributed by atoms with E-state index in [4.69, 9.17) is 5.11 Å². The molecule has 0 saturated heterocycles. The van der Waals surface area contributed by atoms with Crippen LogP contribution in [0.5, 0.6) is 0 Å². The highest BCUT2D eigenvalue weighted by atomic mass is 16.4. The summed E-state index contributed by atoms with van der Waals surface area (Å²) < 4.78 is 0. The molecule has 1 heterocycles. The lowest BCUT2D eigenvalue weighted by atomic mass is 10.1. The Bertz CT molecular complexity index is 465. The minimum Gasteiger partial charge on any atom is -0.478 e. The molecule has 0 radical (unpaired) electrons. The average Bonchev–Trinajstić information content (AvgIpc) is 2.68. The molecule has 90 valence electrons. The Morgan fingerprint density at radius 3 is 2.94 bits per heavy atom. The largest absolute Gasteiger partial charge is 0.478 e. The van der Waals surface area contributed by atoms with Crippen LogP contribution in [0.4, 0.5) is 5.69 Å². The predicted octanol–water partition coefficient (Wildman–Crippen LogP) is 2.71. The van der Waals surface area contributed by atoms with Gasteiger partial charge in [-0.1, -0.05) is 11.6 Å². The molecule has 0 unspecified atom stereocenters. The lowest BCUT2D eigenvalue weighted by molar-refractivity contribution is 0.0697. The van der Waals surface area contributed by atoms with Crippen LogP contribution in [0.2, 0.25) is 0 Å². The monoisotopic (exact) mass is 231 g/mol.